The summed E-state index contributed by atoms with van der Waals surface area (Å²) < 4.78 is 27.5. The van der Waals surface area contributed by atoms with Gasteiger partial charge in [0.15, 0.2) is 0 Å². The van der Waals surface area contributed by atoms with E-state index in [1.54, 1.807) is 16.4 Å². The van der Waals surface area contributed by atoms with E-state index < -0.39 is 10.0 Å². The third-order valence-corrected chi connectivity index (χ3v) is 6.59. The molecular weight excluding hydrogens is 306 g/mol. The molecular formula is C16H24ClNO2S. The van der Waals surface area contributed by atoms with Gasteiger partial charge in [-0.05, 0) is 48.9 Å². The van der Waals surface area contributed by atoms with Crippen molar-refractivity contribution < 1.29 is 8.42 Å². The highest BCUT2D eigenvalue weighted by Crippen LogP contribution is 2.28. The second-order valence-corrected chi connectivity index (χ2v) is 7.75. The normalized spacial score (nSPS) is 20.6. The van der Waals surface area contributed by atoms with Gasteiger partial charge in [0.05, 0.1) is 4.90 Å². The molecule has 21 heavy (non-hydrogen) atoms. The lowest BCUT2D eigenvalue weighted by Gasteiger charge is -2.34. The van der Waals surface area contributed by atoms with Gasteiger partial charge in [-0.1, -0.05) is 26.3 Å². The van der Waals surface area contributed by atoms with Crippen molar-refractivity contribution in [3.8, 4) is 0 Å². The number of nitrogens with zero attached hydrogens (tertiary/aromatic N) is 1. The van der Waals surface area contributed by atoms with Gasteiger partial charge in [-0.25, -0.2) is 8.42 Å². The molecule has 0 radical (unpaired) electrons. The lowest BCUT2D eigenvalue weighted by Crippen LogP contribution is -2.43. The molecule has 2 rings (SSSR count). The van der Waals surface area contributed by atoms with Crippen molar-refractivity contribution >= 4 is 21.6 Å². The largest absolute Gasteiger partial charge is 0.243 e. The minimum absolute atomic E-state index is 0.133. The standard InChI is InChI=1S/C16H24ClNO2S/c1-3-13-8-9-16(11-14(13)12-17)21(19,20)18-10-6-5-7-15(18)4-2/h8-9,11,15H,3-7,10,12H2,1-2H3. The van der Waals surface area contributed by atoms with Crippen LogP contribution in [0.5, 0.6) is 0 Å². The zero-order chi connectivity index (χ0) is 15.5. The maximum atomic E-state index is 12.9. The summed E-state index contributed by atoms with van der Waals surface area (Å²) >= 11 is 5.97. The molecule has 1 aromatic carbocycles. The summed E-state index contributed by atoms with van der Waals surface area (Å²) in [4.78, 5) is 0.385. The molecule has 118 valence electrons. The van der Waals surface area contributed by atoms with E-state index in [1.165, 1.54) is 0 Å². The Balaban J connectivity index is 2.38. The SMILES string of the molecule is CCc1ccc(S(=O)(=O)N2CCCCC2CC)cc1CCl. The summed E-state index contributed by atoms with van der Waals surface area (Å²) in [6.07, 6.45) is 4.76. The lowest BCUT2D eigenvalue weighted by molar-refractivity contribution is 0.246. The molecule has 1 atom stereocenters. The van der Waals surface area contributed by atoms with Crippen molar-refractivity contribution in [2.24, 2.45) is 0 Å². The van der Waals surface area contributed by atoms with Crippen LogP contribution in [0, 0.1) is 0 Å². The Morgan fingerprint density at radius 2 is 2.00 bits per heavy atom. The molecule has 5 heteroatoms. The summed E-state index contributed by atoms with van der Waals surface area (Å²) in [7, 11) is -3.41. The average Bonchev–Trinajstić information content (AvgIpc) is 2.53. The minimum Gasteiger partial charge on any atom is -0.207 e. The Bertz CT molecular complexity index is 586. The van der Waals surface area contributed by atoms with Crippen LogP contribution in [0.15, 0.2) is 23.1 Å². The van der Waals surface area contributed by atoms with Crippen LogP contribution in [0.2, 0.25) is 0 Å². The number of piperidine rings is 1. The van der Waals surface area contributed by atoms with Crippen LogP contribution in [-0.4, -0.2) is 25.3 Å². The highest BCUT2D eigenvalue weighted by molar-refractivity contribution is 7.89. The Morgan fingerprint density at radius 3 is 2.62 bits per heavy atom. The van der Waals surface area contributed by atoms with E-state index in [2.05, 4.69) is 13.8 Å². The molecule has 0 aliphatic carbocycles. The Kier molecular flexibility index (Phi) is 5.69. The molecule has 1 aliphatic heterocycles. The van der Waals surface area contributed by atoms with E-state index in [-0.39, 0.29) is 6.04 Å². The molecule has 3 nitrogen and oxygen atoms in total. The van der Waals surface area contributed by atoms with E-state index in [1.807, 2.05) is 6.07 Å². The Labute approximate surface area is 133 Å². The van der Waals surface area contributed by atoms with E-state index in [9.17, 15) is 8.42 Å². The first-order valence-electron chi connectivity index (χ1n) is 7.74. The zero-order valence-corrected chi connectivity index (χ0v) is 14.4. The molecule has 1 aliphatic rings. The third-order valence-electron chi connectivity index (χ3n) is 4.35. The fourth-order valence-corrected chi connectivity index (χ4v) is 5.13. The van der Waals surface area contributed by atoms with Crippen molar-refractivity contribution in [1.82, 2.24) is 4.31 Å². The first-order chi connectivity index (χ1) is 10.0. The maximum Gasteiger partial charge on any atom is 0.243 e. The van der Waals surface area contributed by atoms with E-state index in [0.717, 1.165) is 43.2 Å². The number of hydrogen-bond acceptors (Lipinski definition) is 2. The third kappa shape index (κ3) is 3.43. The molecule has 0 saturated carbocycles. The molecule has 1 saturated heterocycles. The summed E-state index contributed by atoms with van der Waals surface area (Å²) in [5.74, 6) is 0.351. The fraction of sp³-hybridized carbons (Fsp3) is 0.625. The molecule has 1 heterocycles. The summed E-state index contributed by atoms with van der Waals surface area (Å²) in [6, 6.07) is 5.51. The van der Waals surface area contributed by atoms with E-state index in [4.69, 9.17) is 11.6 Å². The molecule has 1 fully saturated rings. The predicted molar refractivity (Wildman–Crippen MR) is 87.2 cm³/mol. The van der Waals surface area contributed by atoms with Crippen LogP contribution in [0.25, 0.3) is 0 Å². The van der Waals surface area contributed by atoms with Crippen molar-refractivity contribution in [3.63, 3.8) is 0 Å². The van der Waals surface area contributed by atoms with Crippen LogP contribution in [0.4, 0.5) is 0 Å². The zero-order valence-electron chi connectivity index (χ0n) is 12.8. The number of rotatable bonds is 5. The van der Waals surface area contributed by atoms with Crippen molar-refractivity contribution in [3.05, 3.63) is 29.3 Å². The quantitative estimate of drug-likeness (QED) is 0.767. The molecule has 0 amide bonds. The summed E-state index contributed by atoms with van der Waals surface area (Å²) in [5, 5.41) is 0. The molecule has 0 spiro atoms. The number of alkyl halides is 1. The number of sulfonamides is 1. The second-order valence-electron chi connectivity index (χ2n) is 5.59. The van der Waals surface area contributed by atoms with E-state index >= 15 is 0 Å². The van der Waals surface area contributed by atoms with Crippen LogP contribution >= 0.6 is 11.6 Å². The number of benzene rings is 1. The molecule has 1 aromatic rings. The van der Waals surface area contributed by atoms with Gasteiger partial charge in [-0.15, -0.1) is 11.6 Å². The van der Waals surface area contributed by atoms with Crippen molar-refractivity contribution in [1.29, 1.82) is 0 Å². The Morgan fingerprint density at radius 1 is 1.24 bits per heavy atom. The fourth-order valence-electron chi connectivity index (χ4n) is 3.07. The number of hydrogen-bond donors (Lipinski definition) is 0. The Hall–Kier alpha value is -0.580. The minimum atomic E-state index is -3.41. The monoisotopic (exact) mass is 329 g/mol. The van der Waals surface area contributed by atoms with Gasteiger partial charge in [0.25, 0.3) is 0 Å². The van der Waals surface area contributed by atoms with Crippen LogP contribution in [0.3, 0.4) is 0 Å². The van der Waals surface area contributed by atoms with Gasteiger partial charge in [0.1, 0.15) is 0 Å². The smallest absolute Gasteiger partial charge is 0.207 e. The number of aryl methyl sites for hydroxylation is 1. The summed E-state index contributed by atoms with van der Waals surface area (Å²) in [6.45, 7) is 4.74. The van der Waals surface area contributed by atoms with Gasteiger partial charge >= 0.3 is 0 Å². The lowest BCUT2D eigenvalue weighted by atomic mass is 10.0. The molecule has 0 bridgehead atoms. The first kappa shape index (κ1) is 16.8. The van der Waals surface area contributed by atoms with Gasteiger partial charge in [0.2, 0.25) is 10.0 Å². The molecule has 0 N–H and O–H groups in total. The van der Waals surface area contributed by atoms with Gasteiger partial charge in [-0.2, -0.15) is 4.31 Å². The first-order valence-corrected chi connectivity index (χ1v) is 9.71. The highest BCUT2D eigenvalue weighted by Gasteiger charge is 2.32. The van der Waals surface area contributed by atoms with Crippen LogP contribution in [-0.2, 0) is 22.3 Å². The van der Waals surface area contributed by atoms with Gasteiger partial charge in [0, 0.05) is 18.5 Å². The van der Waals surface area contributed by atoms with Gasteiger partial charge in [-0.3, -0.25) is 0 Å². The highest BCUT2D eigenvalue weighted by atomic mass is 35.5. The van der Waals surface area contributed by atoms with Crippen molar-refractivity contribution in [2.45, 2.75) is 62.8 Å². The van der Waals surface area contributed by atoms with Crippen LogP contribution < -0.4 is 0 Å². The molecule has 1 unspecified atom stereocenters. The van der Waals surface area contributed by atoms with Crippen molar-refractivity contribution in [2.75, 3.05) is 6.54 Å². The van der Waals surface area contributed by atoms with Crippen LogP contribution in [0.1, 0.15) is 50.7 Å². The van der Waals surface area contributed by atoms with Gasteiger partial charge < -0.3 is 0 Å². The predicted octanol–water partition coefficient (Wildman–Crippen LogP) is 3.94. The molecule has 0 aromatic heterocycles. The number of halogens is 1. The second kappa shape index (κ2) is 7.12. The maximum absolute atomic E-state index is 12.9. The average molecular weight is 330 g/mol. The van der Waals surface area contributed by atoms with E-state index in [0.29, 0.717) is 17.3 Å². The summed E-state index contributed by atoms with van der Waals surface area (Å²) in [5.41, 5.74) is 2.04. The topological polar surface area (TPSA) is 37.4 Å².